The highest BCUT2D eigenvalue weighted by Crippen LogP contribution is 2.24. The molecule has 1 atom stereocenters. The lowest BCUT2D eigenvalue weighted by atomic mass is 10.0. The Morgan fingerprint density at radius 2 is 1.79 bits per heavy atom. The van der Waals surface area contributed by atoms with E-state index >= 15 is 0 Å². The predicted molar refractivity (Wildman–Crippen MR) is 66.4 cm³/mol. The second kappa shape index (κ2) is 5.63. The molecule has 2 aromatic carbocycles. The molecule has 19 heavy (non-hydrogen) atoms. The fourth-order valence-electron chi connectivity index (χ4n) is 1.78. The number of hydrogen-bond acceptors (Lipinski definition) is 1. The molecule has 0 aliphatic heterocycles. The van der Waals surface area contributed by atoms with Crippen LogP contribution in [0.5, 0.6) is 0 Å². The first-order valence-electron chi connectivity index (χ1n) is 5.55. The molecule has 0 amide bonds. The van der Waals surface area contributed by atoms with E-state index in [1.807, 2.05) is 0 Å². The second-order valence-corrected chi connectivity index (χ2v) is 4.52. The molecule has 0 heterocycles. The molecule has 2 rings (SSSR count). The summed E-state index contributed by atoms with van der Waals surface area (Å²) in [5.41, 5.74) is 0.392. The average Bonchev–Trinajstić information content (AvgIpc) is 2.37. The first kappa shape index (κ1) is 13.9. The number of aliphatic hydroxyl groups is 1. The van der Waals surface area contributed by atoms with Gasteiger partial charge in [-0.25, -0.2) is 13.2 Å². The maximum Gasteiger partial charge on any atom is 0.164 e. The Morgan fingerprint density at radius 1 is 1.05 bits per heavy atom. The molecular formula is C14H10ClF3O. The third kappa shape index (κ3) is 3.08. The van der Waals surface area contributed by atoms with Gasteiger partial charge in [0.15, 0.2) is 11.6 Å². The standard InChI is InChI=1S/C14H10ClF3O/c15-10-6-8(4-5-11(10)16)7-13(19)9-2-1-3-12(17)14(9)18/h1-6,13,19H,7H2. The van der Waals surface area contributed by atoms with Crippen LogP contribution in [0.4, 0.5) is 13.2 Å². The van der Waals surface area contributed by atoms with Crippen molar-refractivity contribution < 1.29 is 18.3 Å². The largest absolute Gasteiger partial charge is 0.388 e. The van der Waals surface area contributed by atoms with Crippen LogP contribution in [-0.4, -0.2) is 5.11 Å². The Balaban J connectivity index is 2.23. The third-order valence-corrected chi connectivity index (χ3v) is 3.04. The van der Waals surface area contributed by atoms with Crippen molar-refractivity contribution >= 4 is 11.6 Å². The van der Waals surface area contributed by atoms with E-state index in [4.69, 9.17) is 11.6 Å². The predicted octanol–water partition coefficient (Wildman–Crippen LogP) is 4.03. The Hall–Kier alpha value is -1.52. The van der Waals surface area contributed by atoms with E-state index in [-0.39, 0.29) is 17.0 Å². The van der Waals surface area contributed by atoms with Crippen LogP contribution in [0.15, 0.2) is 36.4 Å². The zero-order chi connectivity index (χ0) is 14.0. The molecule has 100 valence electrons. The monoisotopic (exact) mass is 286 g/mol. The molecule has 1 unspecified atom stereocenters. The van der Waals surface area contributed by atoms with Crippen molar-refractivity contribution in [3.63, 3.8) is 0 Å². The van der Waals surface area contributed by atoms with Crippen LogP contribution in [0.25, 0.3) is 0 Å². The molecule has 5 heteroatoms. The summed E-state index contributed by atoms with van der Waals surface area (Å²) >= 11 is 5.61. The van der Waals surface area contributed by atoms with Gasteiger partial charge >= 0.3 is 0 Å². The number of rotatable bonds is 3. The summed E-state index contributed by atoms with van der Waals surface area (Å²) in [6.07, 6.45) is -1.21. The minimum atomic E-state index is -1.22. The molecule has 0 aliphatic rings. The van der Waals surface area contributed by atoms with Crippen LogP contribution >= 0.6 is 11.6 Å². The van der Waals surface area contributed by atoms with Crippen LogP contribution in [-0.2, 0) is 6.42 Å². The SMILES string of the molecule is OC(Cc1ccc(F)c(Cl)c1)c1cccc(F)c1F. The van der Waals surface area contributed by atoms with Gasteiger partial charge in [0.05, 0.1) is 11.1 Å². The fourth-order valence-corrected chi connectivity index (χ4v) is 1.98. The van der Waals surface area contributed by atoms with Crippen molar-refractivity contribution in [3.8, 4) is 0 Å². The van der Waals surface area contributed by atoms with Gasteiger partial charge in [-0.1, -0.05) is 29.8 Å². The van der Waals surface area contributed by atoms with Gasteiger partial charge in [-0.2, -0.15) is 0 Å². The zero-order valence-corrected chi connectivity index (χ0v) is 10.5. The maximum atomic E-state index is 13.5. The van der Waals surface area contributed by atoms with E-state index < -0.39 is 23.6 Å². The fraction of sp³-hybridized carbons (Fsp3) is 0.143. The van der Waals surface area contributed by atoms with Crippen LogP contribution < -0.4 is 0 Å². The summed E-state index contributed by atoms with van der Waals surface area (Å²) in [5, 5.41) is 9.82. The van der Waals surface area contributed by atoms with E-state index in [0.717, 1.165) is 12.1 Å². The number of benzene rings is 2. The summed E-state index contributed by atoms with van der Waals surface area (Å²) in [6, 6.07) is 7.52. The maximum absolute atomic E-state index is 13.5. The normalized spacial score (nSPS) is 12.5. The van der Waals surface area contributed by atoms with Gasteiger partial charge in [0.25, 0.3) is 0 Å². The molecule has 0 aliphatic carbocycles. The molecule has 0 bridgehead atoms. The van der Waals surface area contributed by atoms with Gasteiger partial charge in [-0.3, -0.25) is 0 Å². The summed E-state index contributed by atoms with van der Waals surface area (Å²) in [7, 11) is 0. The van der Waals surface area contributed by atoms with Crippen LogP contribution in [0, 0.1) is 17.5 Å². The van der Waals surface area contributed by atoms with Crippen LogP contribution in [0.2, 0.25) is 5.02 Å². The molecule has 0 fully saturated rings. The molecule has 0 spiro atoms. The Morgan fingerprint density at radius 3 is 2.47 bits per heavy atom. The smallest absolute Gasteiger partial charge is 0.164 e. The average molecular weight is 287 g/mol. The number of aliphatic hydroxyl groups excluding tert-OH is 1. The van der Waals surface area contributed by atoms with Gasteiger partial charge in [-0.15, -0.1) is 0 Å². The summed E-state index contributed by atoms with van der Waals surface area (Å²) < 4.78 is 39.5. The number of hydrogen-bond donors (Lipinski definition) is 1. The van der Waals surface area contributed by atoms with Crippen molar-refractivity contribution in [1.82, 2.24) is 0 Å². The third-order valence-electron chi connectivity index (χ3n) is 2.75. The van der Waals surface area contributed by atoms with Crippen molar-refractivity contribution in [2.24, 2.45) is 0 Å². The molecule has 0 saturated carbocycles. The summed E-state index contributed by atoms with van der Waals surface area (Å²) in [5.74, 6) is -2.67. The van der Waals surface area contributed by atoms with E-state index in [2.05, 4.69) is 0 Å². The summed E-state index contributed by atoms with van der Waals surface area (Å²) in [4.78, 5) is 0. The first-order valence-corrected chi connectivity index (χ1v) is 5.92. The lowest BCUT2D eigenvalue weighted by Crippen LogP contribution is -2.06. The summed E-state index contributed by atoms with van der Waals surface area (Å²) in [6.45, 7) is 0. The Labute approximate surface area is 113 Å². The topological polar surface area (TPSA) is 20.2 Å². The van der Waals surface area contributed by atoms with Gasteiger partial charge in [-0.05, 0) is 23.8 Å². The quantitative estimate of drug-likeness (QED) is 0.903. The van der Waals surface area contributed by atoms with Crippen molar-refractivity contribution in [2.45, 2.75) is 12.5 Å². The molecule has 0 saturated heterocycles. The minimum Gasteiger partial charge on any atom is -0.388 e. The van der Waals surface area contributed by atoms with Gasteiger partial charge in [0, 0.05) is 12.0 Å². The second-order valence-electron chi connectivity index (χ2n) is 4.11. The highest BCUT2D eigenvalue weighted by atomic mass is 35.5. The van der Waals surface area contributed by atoms with Gasteiger partial charge in [0.2, 0.25) is 0 Å². The van der Waals surface area contributed by atoms with Gasteiger partial charge < -0.3 is 5.11 Å². The van der Waals surface area contributed by atoms with Crippen molar-refractivity contribution in [1.29, 1.82) is 0 Å². The molecule has 1 nitrogen and oxygen atoms in total. The van der Waals surface area contributed by atoms with E-state index in [1.54, 1.807) is 0 Å². The van der Waals surface area contributed by atoms with Crippen molar-refractivity contribution in [2.75, 3.05) is 0 Å². The molecule has 0 aromatic heterocycles. The molecule has 0 radical (unpaired) electrons. The zero-order valence-electron chi connectivity index (χ0n) is 9.71. The lowest BCUT2D eigenvalue weighted by molar-refractivity contribution is 0.172. The first-order chi connectivity index (χ1) is 8.99. The minimum absolute atomic E-state index is 0.0143. The lowest BCUT2D eigenvalue weighted by Gasteiger charge is -2.12. The van der Waals surface area contributed by atoms with Crippen LogP contribution in [0.1, 0.15) is 17.2 Å². The highest BCUT2D eigenvalue weighted by Gasteiger charge is 2.16. The van der Waals surface area contributed by atoms with E-state index in [9.17, 15) is 18.3 Å². The van der Waals surface area contributed by atoms with Crippen molar-refractivity contribution in [3.05, 3.63) is 70.0 Å². The molecule has 1 N–H and O–H groups in total. The molecule has 2 aromatic rings. The highest BCUT2D eigenvalue weighted by molar-refractivity contribution is 6.30. The number of halogens is 4. The Bertz CT molecular complexity index is 601. The Kier molecular flexibility index (Phi) is 4.12. The van der Waals surface area contributed by atoms with Gasteiger partial charge in [0.1, 0.15) is 5.82 Å². The van der Waals surface area contributed by atoms with Crippen LogP contribution in [0.3, 0.4) is 0 Å². The van der Waals surface area contributed by atoms with E-state index in [1.165, 1.54) is 24.3 Å². The molecular weight excluding hydrogens is 277 g/mol. The van der Waals surface area contributed by atoms with E-state index in [0.29, 0.717) is 5.56 Å².